The summed E-state index contributed by atoms with van der Waals surface area (Å²) in [4.78, 5) is 0. The van der Waals surface area contributed by atoms with E-state index in [1.165, 1.54) is 11.1 Å². The van der Waals surface area contributed by atoms with Crippen LogP contribution in [-0.4, -0.2) is 19.8 Å². The number of aryl methyl sites for hydroxylation is 1. The average molecular weight is 237 g/mol. The second-order valence-corrected chi connectivity index (χ2v) is 5.20. The molecule has 0 aliphatic carbocycles. The minimum atomic E-state index is -0.267. The first-order valence-corrected chi connectivity index (χ1v) is 5.80. The van der Waals surface area contributed by atoms with E-state index in [4.69, 9.17) is 15.2 Å². The van der Waals surface area contributed by atoms with Crippen LogP contribution in [-0.2, 0) is 6.42 Å². The van der Waals surface area contributed by atoms with Crippen LogP contribution in [0, 0.1) is 13.8 Å². The van der Waals surface area contributed by atoms with Crippen LogP contribution in [0.4, 0.5) is 0 Å². The molecule has 0 radical (unpaired) electrons. The van der Waals surface area contributed by atoms with Crippen molar-refractivity contribution in [2.45, 2.75) is 39.7 Å². The van der Waals surface area contributed by atoms with Gasteiger partial charge in [-0.2, -0.15) is 0 Å². The van der Waals surface area contributed by atoms with Crippen LogP contribution in [0.15, 0.2) is 6.07 Å². The number of methoxy groups -OCH3 is 2. The molecule has 0 fully saturated rings. The lowest BCUT2D eigenvalue weighted by Gasteiger charge is -2.24. The molecule has 1 aromatic carbocycles. The molecule has 3 heteroatoms. The number of nitrogens with two attached hydrogens (primary N) is 1. The van der Waals surface area contributed by atoms with E-state index in [-0.39, 0.29) is 5.54 Å². The second kappa shape index (κ2) is 4.96. The van der Waals surface area contributed by atoms with Gasteiger partial charge in [-0.1, -0.05) is 0 Å². The minimum Gasteiger partial charge on any atom is -0.493 e. The highest BCUT2D eigenvalue weighted by Gasteiger charge is 2.21. The zero-order valence-corrected chi connectivity index (χ0v) is 11.7. The predicted octanol–water partition coefficient (Wildman–Crippen LogP) is 2.60. The molecule has 0 spiro atoms. The maximum atomic E-state index is 6.11. The molecule has 0 heterocycles. The Morgan fingerprint density at radius 3 is 2.18 bits per heavy atom. The zero-order chi connectivity index (χ0) is 13.2. The lowest BCUT2D eigenvalue weighted by molar-refractivity contribution is 0.348. The summed E-state index contributed by atoms with van der Waals surface area (Å²) in [6.07, 6.45) is 0.764. The van der Waals surface area contributed by atoms with E-state index in [2.05, 4.69) is 13.8 Å². The molecule has 2 N–H and O–H groups in total. The first kappa shape index (κ1) is 13.8. The molecule has 1 rings (SSSR count). The van der Waals surface area contributed by atoms with Crippen molar-refractivity contribution in [1.82, 2.24) is 0 Å². The van der Waals surface area contributed by atoms with Gasteiger partial charge in [0.15, 0.2) is 11.5 Å². The first-order valence-electron chi connectivity index (χ1n) is 5.80. The quantitative estimate of drug-likeness (QED) is 0.875. The van der Waals surface area contributed by atoms with Gasteiger partial charge in [-0.05, 0) is 51.3 Å². The van der Waals surface area contributed by atoms with E-state index in [0.717, 1.165) is 23.5 Å². The minimum absolute atomic E-state index is 0.267. The van der Waals surface area contributed by atoms with Crippen LogP contribution in [0.2, 0.25) is 0 Å². The molecule has 0 bridgehead atoms. The van der Waals surface area contributed by atoms with Crippen molar-refractivity contribution < 1.29 is 9.47 Å². The molecular formula is C14H23NO2. The fourth-order valence-corrected chi connectivity index (χ4v) is 1.97. The Bertz CT molecular complexity index is 406. The van der Waals surface area contributed by atoms with Gasteiger partial charge in [0.2, 0.25) is 0 Å². The van der Waals surface area contributed by atoms with Gasteiger partial charge >= 0.3 is 0 Å². The summed E-state index contributed by atoms with van der Waals surface area (Å²) < 4.78 is 10.8. The Hall–Kier alpha value is -1.22. The predicted molar refractivity (Wildman–Crippen MR) is 71.0 cm³/mol. The molecule has 0 atom stereocenters. The monoisotopic (exact) mass is 237 g/mol. The van der Waals surface area contributed by atoms with E-state index in [9.17, 15) is 0 Å². The van der Waals surface area contributed by atoms with Crippen molar-refractivity contribution in [2.24, 2.45) is 5.73 Å². The molecule has 0 amide bonds. The number of benzene rings is 1. The van der Waals surface area contributed by atoms with Crippen molar-refractivity contribution in [3.05, 3.63) is 22.8 Å². The number of rotatable bonds is 4. The number of ether oxygens (including phenoxy) is 2. The van der Waals surface area contributed by atoms with E-state index in [1.54, 1.807) is 14.2 Å². The van der Waals surface area contributed by atoms with Gasteiger partial charge in [0.05, 0.1) is 14.2 Å². The number of hydrogen-bond donors (Lipinski definition) is 1. The SMILES string of the molecule is COc1cc(C)c(C)c(CC(C)(C)N)c1OC. The Morgan fingerprint density at radius 1 is 1.18 bits per heavy atom. The van der Waals surface area contributed by atoms with Crippen LogP contribution in [0.3, 0.4) is 0 Å². The van der Waals surface area contributed by atoms with E-state index in [0.29, 0.717) is 0 Å². The van der Waals surface area contributed by atoms with Crippen LogP contribution in [0.25, 0.3) is 0 Å². The maximum Gasteiger partial charge on any atom is 0.164 e. The fourth-order valence-electron chi connectivity index (χ4n) is 1.97. The lowest BCUT2D eigenvalue weighted by atomic mass is 9.90. The summed E-state index contributed by atoms with van der Waals surface area (Å²) in [5.41, 5.74) is 9.39. The summed E-state index contributed by atoms with van der Waals surface area (Å²) in [5.74, 6) is 1.57. The van der Waals surface area contributed by atoms with Crippen LogP contribution in [0.5, 0.6) is 11.5 Å². The second-order valence-electron chi connectivity index (χ2n) is 5.20. The van der Waals surface area contributed by atoms with Gasteiger partial charge in [0.25, 0.3) is 0 Å². The normalized spacial score (nSPS) is 11.5. The third kappa shape index (κ3) is 3.13. The van der Waals surface area contributed by atoms with E-state index in [1.807, 2.05) is 19.9 Å². The van der Waals surface area contributed by atoms with Gasteiger partial charge in [-0.3, -0.25) is 0 Å². The summed E-state index contributed by atoms with van der Waals surface area (Å²) in [7, 11) is 3.32. The van der Waals surface area contributed by atoms with Crippen molar-refractivity contribution in [3.8, 4) is 11.5 Å². The average Bonchev–Trinajstić information content (AvgIpc) is 2.22. The molecule has 0 aliphatic rings. The van der Waals surface area contributed by atoms with Crippen molar-refractivity contribution >= 4 is 0 Å². The molecule has 0 saturated carbocycles. The molecule has 3 nitrogen and oxygen atoms in total. The molecule has 0 aromatic heterocycles. The molecule has 96 valence electrons. The van der Waals surface area contributed by atoms with Gasteiger partial charge < -0.3 is 15.2 Å². The zero-order valence-electron chi connectivity index (χ0n) is 11.7. The van der Waals surface area contributed by atoms with Gasteiger partial charge in [-0.15, -0.1) is 0 Å². The highest BCUT2D eigenvalue weighted by Crippen LogP contribution is 2.36. The lowest BCUT2D eigenvalue weighted by Crippen LogP contribution is -2.35. The standard InChI is InChI=1S/C14H23NO2/c1-9-7-12(16-5)13(17-6)11(10(9)2)8-14(3,4)15/h7H,8,15H2,1-6H3. The summed E-state index contributed by atoms with van der Waals surface area (Å²) in [6.45, 7) is 8.20. The van der Waals surface area contributed by atoms with Crippen molar-refractivity contribution in [3.63, 3.8) is 0 Å². The summed E-state index contributed by atoms with van der Waals surface area (Å²) >= 11 is 0. The van der Waals surface area contributed by atoms with Crippen molar-refractivity contribution in [1.29, 1.82) is 0 Å². The third-order valence-electron chi connectivity index (χ3n) is 2.95. The van der Waals surface area contributed by atoms with E-state index < -0.39 is 0 Å². The maximum absolute atomic E-state index is 6.11. The van der Waals surface area contributed by atoms with Gasteiger partial charge in [0, 0.05) is 11.1 Å². The van der Waals surface area contributed by atoms with Crippen LogP contribution in [0.1, 0.15) is 30.5 Å². The highest BCUT2D eigenvalue weighted by molar-refractivity contribution is 5.54. The highest BCUT2D eigenvalue weighted by atomic mass is 16.5. The molecule has 1 aromatic rings. The Balaban J connectivity index is 3.38. The summed E-state index contributed by atoms with van der Waals surface area (Å²) in [5, 5.41) is 0. The topological polar surface area (TPSA) is 44.5 Å². The largest absolute Gasteiger partial charge is 0.493 e. The van der Waals surface area contributed by atoms with Crippen molar-refractivity contribution in [2.75, 3.05) is 14.2 Å². The third-order valence-corrected chi connectivity index (χ3v) is 2.95. The Labute approximate surface area is 104 Å². The van der Waals surface area contributed by atoms with E-state index >= 15 is 0 Å². The molecule has 0 saturated heterocycles. The fraction of sp³-hybridized carbons (Fsp3) is 0.571. The Morgan fingerprint density at radius 2 is 1.76 bits per heavy atom. The molecular weight excluding hydrogens is 214 g/mol. The molecule has 0 unspecified atom stereocenters. The Kier molecular flexibility index (Phi) is 4.04. The van der Waals surface area contributed by atoms with Crippen LogP contribution >= 0.6 is 0 Å². The van der Waals surface area contributed by atoms with Crippen LogP contribution < -0.4 is 15.2 Å². The smallest absolute Gasteiger partial charge is 0.164 e. The van der Waals surface area contributed by atoms with Gasteiger partial charge in [-0.25, -0.2) is 0 Å². The number of hydrogen-bond acceptors (Lipinski definition) is 3. The first-order chi connectivity index (χ1) is 7.80. The molecule has 0 aliphatic heterocycles. The van der Waals surface area contributed by atoms with Gasteiger partial charge in [0.1, 0.15) is 0 Å². The molecule has 17 heavy (non-hydrogen) atoms. The summed E-state index contributed by atoms with van der Waals surface area (Å²) in [6, 6.07) is 2.00.